The van der Waals surface area contributed by atoms with E-state index < -0.39 is 0 Å². The molecule has 2 aromatic rings. The van der Waals surface area contributed by atoms with Crippen LogP contribution in [0.15, 0.2) is 35.1 Å². The molecule has 0 saturated heterocycles. The first-order valence-electron chi connectivity index (χ1n) is 4.97. The third kappa shape index (κ3) is 1.42. The van der Waals surface area contributed by atoms with Crippen LogP contribution in [0.3, 0.4) is 0 Å². The fourth-order valence-corrected chi connectivity index (χ4v) is 1.73. The van der Waals surface area contributed by atoms with Crippen LogP contribution in [0.25, 0.3) is 5.69 Å². The Morgan fingerprint density at radius 2 is 1.88 bits per heavy atom. The Labute approximate surface area is 93.1 Å². The molecule has 16 heavy (non-hydrogen) atoms. The summed E-state index contributed by atoms with van der Waals surface area (Å²) in [4.78, 5) is 12.0. The molecule has 5 nitrogen and oxygen atoms in total. The van der Waals surface area contributed by atoms with Gasteiger partial charge in [-0.25, -0.2) is 4.68 Å². The van der Waals surface area contributed by atoms with Gasteiger partial charge in [-0.2, -0.15) is 0 Å². The summed E-state index contributed by atoms with van der Waals surface area (Å²) in [5, 5.41) is 0. The molecule has 0 saturated carbocycles. The minimum atomic E-state index is -0.145. The van der Waals surface area contributed by atoms with E-state index in [9.17, 15) is 4.79 Å². The first kappa shape index (κ1) is 10.5. The molecule has 1 aromatic heterocycles. The Morgan fingerprint density at radius 1 is 1.25 bits per heavy atom. The maximum absolute atomic E-state index is 12.0. The van der Waals surface area contributed by atoms with Gasteiger partial charge in [-0.3, -0.25) is 15.3 Å². The van der Waals surface area contributed by atoms with Gasteiger partial charge in [0.25, 0.3) is 5.56 Å². The van der Waals surface area contributed by atoms with E-state index in [1.54, 1.807) is 9.36 Å². The molecule has 0 aliphatic carbocycles. The molecule has 0 aliphatic rings. The molecule has 1 heterocycles. The Balaban J connectivity index is 2.72. The zero-order chi connectivity index (χ0) is 11.7. The predicted molar refractivity (Wildman–Crippen MR) is 63.6 cm³/mol. The van der Waals surface area contributed by atoms with Crippen molar-refractivity contribution in [3.8, 4) is 5.69 Å². The number of anilines is 1. The molecule has 0 unspecified atom stereocenters. The summed E-state index contributed by atoms with van der Waals surface area (Å²) in [7, 11) is 1.82. The van der Waals surface area contributed by atoms with Crippen molar-refractivity contribution in [3.63, 3.8) is 0 Å². The van der Waals surface area contributed by atoms with Gasteiger partial charge in [0.15, 0.2) is 0 Å². The highest BCUT2D eigenvalue weighted by Gasteiger charge is 2.14. The second kappa shape index (κ2) is 3.86. The Bertz CT molecular complexity index is 553. The van der Waals surface area contributed by atoms with Crippen LogP contribution in [-0.4, -0.2) is 9.36 Å². The van der Waals surface area contributed by atoms with Gasteiger partial charge in [-0.15, -0.1) is 0 Å². The van der Waals surface area contributed by atoms with Gasteiger partial charge in [0.05, 0.1) is 11.4 Å². The number of para-hydroxylation sites is 1. The van der Waals surface area contributed by atoms with Gasteiger partial charge in [0.1, 0.15) is 5.69 Å². The smallest absolute Gasteiger partial charge is 0.296 e. The van der Waals surface area contributed by atoms with E-state index in [-0.39, 0.29) is 5.56 Å². The number of nitrogens with zero attached hydrogens (tertiary/aromatic N) is 2. The van der Waals surface area contributed by atoms with Gasteiger partial charge >= 0.3 is 0 Å². The van der Waals surface area contributed by atoms with Crippen molar-refractivity contribution in [2.45, 2.75) is 6.92 Å². The third-order valence-electron chi connectivity index (χ3n) is 2.70. The fraction of sp³-hybridized carbons (Fsp3) is 0.182. The van der Waals surface area contributed by atoms with Crippen molar-refractivity contribution in [1.29, 1.82) is 0 Å². The highest BCUT2D eigenvalue weighted by Crippen LogP contribution is 2.12. The standard InChI is InChI=1S/C11H14N4O/c1-8-10(13-12)11(16)15(14(8)2)9-6-4-3-5-7-9/h3-7,13H,12H2,1-2H3. The zero-order valence-electron chi connectivity index (χ0n) is 9.27. The van der Waals surface area contributed by atoms with Crippen LogP contribution < -0.4 is 16.8 Å². The molecule has 0 radical (unpaired) electrons. The first-order chi connectivity index (χ1) is 7.66. The van der Waals surface area contributed by atoms with Gasteiger partial charge in [-0.05, 0) is 19.1 Å². The van der Waals surface area contributed by atoms with Crippen LogP contribution in [0.1, 0.15) is 5.69 Å². The van der Waals surface area contributed by atoms with E-state index in [2.05, 4.69) is 5.43 Å². The maximum atomic E-state index is 12.0. The highest BCUT2D eigenvalue weighted by molar-refractivity contribution is 5.47. The van der Waals surface area contributed by atoms with Crippen LogP contribution in [0.5, 0.6) is 0 Å². The molecule has 2 rings (SSSR count). The lowest BCUT2D eigenvalue weighted by molar-refractivity contribution is 0.630. The molecular formula is C11H14N4O. The number of nitrogens with two attached hydrogens (primary N) is 1. The van der Waals surface area contributed by atoms with E-state index in [0.29, 0.717) is 5.69 Å². The average Bonchev–Trinajstić information content (AvgIpc) is 2.51. The minimum absolute atomic E-state index is 0.145. The molecule has 0 amide bonds. The lowest BCUT2D eigenvalue weighted by Gasteiger charge is -2.07. The number of rotatable bonds is 2. The molecule has 0 atom stereocenters. The number of hydrogen-bond acceptors (Lipinski definition) is 3. The quantitative estimate of drug-likeness (QED) is 0.578. The number of aromatic nitrogens is 2. The molecule has 5 heteroatoms. The van der Waals surface area contributed by atoms with E-state index in [0.717, 1.165) is 11.4 Å². The van der Waals surface area contributed by atoms with Gasteiger partial charge in [0, 0.05) is 7.05 Å². The fourth-order valence-electron chi connectivity index (χ4n) is 1.73. The summed E-state index contributed by atoms with van der Waals surface area (Å²) in [6.07, 6.45) is 0. The van der Waals surface area contributed by atoms with Crippen molar-refractivity contribution in [2.75, 3.05) is 5.43 Å². The summed E-state index contributed by atoms with van der Waals surface area (Å²) in [5.74, 6) is 5.34. The normalized spacial score (nSPS) is 10.4. The number of nitrogens with one attached hydrogen (secondary N) is 1. The summed E-state index contributed by atoms with van der Waals surface area (Å²) in [5.41, 5.74) is 4.34. The number of hydrogen-bond donors (Lipinski definition) is 2. The van der Waals surface area contributed by atoms with E-state index >= 15 is 0 Å². The Morgan fingerprint density at radius 3 is 2.38 bits per heavy atom. The Hall–Kier alpha value is -2.01. The summed E-state index contributed by atoms with van der Waals surface area (Å²) >= 11 is 0. The highest BCUT2D eigenvalue weighted by atomic mass is 16.1. The number of benzene rings is 1. The van der Waals surface area contributed by atoms with Crippen LogP contribution >= 0.6 is 0 Å². The van der Waals surface area contributed by atoms with Gasteiger partial charge in [-0.1, -0.05) is 18.2 Å². The van der Waals surface area contributed by atoms with Crippen LogP contribution in [0.4, 0.5) is 5.69 Å². The third-order valence-corrected chi connectivity index (χ3v) is 2.70. The zero-order valence-corrected chi connectivity index (χ0v) is 9.27. The van der Waals surface area contributed by atoms with Crippen molar-refractivity contribution in [1.82, 2.24) is 9.36 Å². The minimum Gasteiger partial charge on any atom is -0.318 e. The molecular weight excluding hydrogens is 204 g/mol. The molecule has 84 valence electrons. The van der Waals surface area contributed by atoms with Crippen LogP contribution in [0.2, 0.25) is 0 Å². The lowest BCUT2D eigenvalue weighted by atomic mass is 10.3. The Kier molecular flexibility index (Phi) is 2.54. The second-order valence-corrected chi connectivity index (χ2v) is 3.58. The monoisotopic (exact) mass is 218 g/mol. The molecule has 0 aliphatic heterocycles. The summed E-state index contributed by atoms with van der Waals surface area (Å²) < 4.78 is 3.34. The maximum Gasteiger partial charge on any atom is 0.296 e. The van der Waals surface area contributed by atoms with Crippen molar-refractivity contribution in [2.24, 2.45) is 12.9 Å². The van der Waals surface area contributed by atoms with Crippen molar-refractivity contribution >= 4 is 5.69 Å². The molecule has 0 bridgehead atoms. The predicted octanol–water partition coefficient (Wildman–Crippen LogP) is 0.770. The van der Waals surface area contributed by atoms with E-state index in [1.807, 2.05) is 44.3 Å². The van der Waals surface area contributed by atoms with Crippen molar-refractivity contribution in [3.05, 3.63) is 46.4 Å². The second-order valence-electron chi connectivity index (χ2n) is 3.58. The number of nitrogen functional groups attached to an aromatic ring is 1. The van der Waals surface area contributed by atoms with Crippen LogP contribution in [0, 0.1) is 6.92 Å². The van der Waals surface area contributed by atoms with Crippen molar-refractivity contribution < 1.29 is 0 Å². The average molecular weight is 218 g/mol. The number of hydrazine groups is 1. The molecule has 0 spiro atoms. The van der Waals surface area contributed by atoms with Crippen LogP contribution in [-0.2, 0) is 7.05 Å². The molecule has 3 N–H and O–H groups in total. The largest absolute Gasteiger partial charge is 0.318 e. The topological polar surface area (TPSA) is 65.0 Å². The van der Waals surface area contributed by atoms with E-state index in [4.69, 9.17) is 5.84 Å². The van der Waals surface area contributed by atoms with Gasteiger partial charge < -0.3 is 5.43 Å². The lowest BCUT2D eigenvalue weighted by Crippen LogP contribution is -2.22. The van der Waals surface area contributed by atoms with Gasteiger partial charge in [0.2, 0.25) is 0 Å². The van der Waals surface area contributed by atoms with E-state index in [1.165, 1.54) is 0 Å². The first-order valence-corrected chi connectivity index (χ1v) is 4.97. The SMILES string of the molecule is Cc1c(NN)c(=O)n(-c2ccccc2)n1C. The summed E-state index contributed by atoms with van der Waals surface area (Å²) in [6.45, 7) is 1.84. The molecule has 0 fully saturated rings. The summed E-state index contributed by atoms with van der Waals surface area (Å²) in [6, 6.07) is 9.44. The molecule has 1 aromatic carbocycles.